The van der Waals surface area contributed by atoms with Gasteiger partial charge in [0.25, 0.3) is 20.2 Å². The van der Waals surface area contributed by atoms with Gasteiger partial charge in [-0.15, -0.1) is 0 Å². The molecule has 252 valence electrons. The van der Waals surface area contributed by atoms with Crippen molar-refractivity contribution in [3.8, 4) is 0 Å². The van der Waals surface area contributed by atoms with Crippen LogP contribution in [0.4, 0.5) is 5.69 Å². The SMILES string of the molecule is CC1(C)C(=CC=C2CCCC(C=CC3=[N+](CCCS(=O)(=O)O)c4ccccc4C3(C)C)=C2Cl)C(CCCS(=O)(=O)O)c2ccccc21. The Balaban J connectivity index is 1.47. The molecule has 2 aromatic carbocycles. The molecule has 7 nitrogen and oxygen atoms in total. The molecule has 2 aromatic rings. The van der Waals surface area contributed by atoms with E-state index >= 15 is 0 Å². The standard InChI is InChI=1S/C37H44ClNO6S2/c1-36(2)30-16-6-5-14-28(30)29(15-10-24-46(40,41)42)31(36)21-19-26-12-9-13-27(35(26)38)20-22-34-37(3,4)32-17-7-8-18-33(32)39(34)23-11-25-47(43,44)45/h5-8,14,16-22,29H,9-13,15,23-25H2,1-4H3,(H-,40,41,42,43,44,45)/p+1. The van der Waals surface area contributed by atoms with Crippen molar-refractivity contribution in [1.29, 1.82) is 0 Å². The van der Waals surface area contributed by atoms with Crippen molar-refractivity contribution in [3.05, 3.63) is 111 Å². The fraction of sp³-hybridized carbons (Fsp3) is 0.432. The van der Waals surface area contributed by atoms with Crippen LogP contribution >= 0.6 is 11.6 Å². The normalized spacial score (nSPS) is 22.5. The van der Waals surface area contributed by atoms with E-state index < -0.39 is 20.2 Å². The van der Waals surface area contributed by atoms with Gasteiger partial charge in [0.05, 0.1) is 16.9 Å². The zero-order valence-corrected chi connectivity index (χ0v) is 29.9. The molecule has 2 N–H and O–H groups in total. The lowest BCUT2D eigenvalue weighted by molar-refractivity contribution is -0.437. The smallest absolute Gasteiger partial charge is 0.265 e. The summed E-state index contributed by atoms with van der Waals surface area (Å²) in [5.41, 5.74) is 8.40. The molecule has 0 radical (unpaired) electrons. The topological polar surface area (TPSA) is 112 Å². The molecule has 0 fully saturated rings. The molecule has 0 saturated heterocycles. The van der Waals surface area contributed by atoms with Crippen LogP contribution in [0.5, 0.6) is 0 Å². The third-order valence-corrected chi connectivity index (χ3v) is 12.0. The summed E-state index contributed by atoms with van der Waals surface area (Å²) in [5, 5.41) is 0.729. The Hall–Kier alpha value is -2.82. The Morgan fingerprint density at radius 1 is 0.830 bits per heavy atom. The van der Waals surface area contributed by atoms with Crippen LogP contribution in [0.1, 0.15) is 88.8 Å². The Kier molecular flexibility index (Phi) is 10.3. The first-order valence-corrected chi connectivity index (χ1v) is 19.8. The summed E-state index contributed by atoms with van der Waals surface area (Å²) in [6.45, 7) is 9.18. The Morgan fingerprint density at radius 2 is 1.47 bits per heavy atom. The number of fused-ring (bicyclic) bond motifs is 2. The van der Waals surface area contributed by atoms with Crippen LogP contribution in [-0.2, 0) is 31.1 Å². The Labute approximate surface area is 285 Å². The van der Waals surface area contributed by atoms with Crippen molar-refractivity contribution in [3.63, 3.8) is 0 Å². The second-order valence-corrected chi connectivity index (χ2v) is 17.4. The number of nitrogens with zero attached hydrogens (tertiary/aromatic N) is 1. The van der Waals surface area contributed by atoms with Crippen LogP contribution in [0.3, 0.4) is 0 Å². The van der Waals surface area contributed by atoms with Crippen molar-refractivity contribution in [1.82, 2.24) is 0 Å². The summed E-state index contributed by atoms with van der Waals surface area (Å²) in [6.07, 6.45) is 12.4. The first kappa shape index (κ1) is 35.5. The van der Waals surface area contributed by atoms with Crippen LogP contribution in [0, 0.1) is 0 Å². The predicted molar refractivity (Wildman–Crippen MR) is 190 cm³/mol. The zero-order valence-electron chi connectivity index (χ0n) is 27.5. The third-order valence-electron chi connectivity index (χ3n) is 9.95. The van der Waals surface area contributed by atoms with E-state index in [1.54, 1.807) is 0 Å². The highest BCUT2D eigenvalue weighted by Crippen LogP contribution is 2.52. The Morgan fingerprint density at radius 3 is 2.17 bits per heavy atom. The van der Waals surface area contributed by atoms with Gasteiger partial charge >= 0.3 is 0 Å². The van der Waals surface area contributed by atoms with Crippen LogP contribution in [0.25, 0.3) is 0 Å². The third kappa shape index (κ3) is 7.75. The molecule has 3 aliphatic rings. The first-order valence-electron chi connectivity index (χ1n) is 16.2. The summed E-state index contributed by atoms with van der Waals surface area (Å²) >= 11 is 7.10. The molecule has 5 rings (SSSR count). The number of hydrogen-bond donors (Lipinski definition) is 2. The van der Waals surface area contributed by atoms with Crippen molar-refractivity contribution >= 4 is 43.2 Å². The van der Waals surface area contributed by atoms with Crippen molar-refractivity contribution in [2.24, 2.45) is 0 Å². The molecular formula is C37H45ClNO6S2+. The average Bonchev–Trinajstić information content (AvgIpc) is 3.33. The van der Waals surface area contributed by atoms with E-state index in [0.717, 1.165) is 52.4 Å². The van der Waals surface area contributed by atoms with E-state index in [1.807, 2.05) is 30.3 Å². The molecule has 1 aliphatic heterocycles. The molecule has 2 aliphatic carbocycles. The molecule has 0 aromatic heterocycles. The molecule has 0 amide bonds. The summed E-state index contributed by atoms with van der Waals surface area (Å²) in [7, 11) is -8.09. The van der Waals surface area contributed by atoms with Crippen molar-refractivity contribution < 1.29 is 30.5 Å². The van der Waals surface area contributed by atoms with E-state index in [2.05, 4.69) is 74.8 Å². The van der Waals surface area contributed by atoms with Gasteiger partial charge in [-0.3, -0.25) is 9.11 Å². The molecule has 0 spiro atoms. The second kappa shape index (κ2) is 13.6. The molecule has 1 heterocycles. The van der Waals surface area contributed by atoms with E-state index in [9.17, 15) is 25.9 Å². The zero-order chi connectivity index (χ0) is 34.2. The predicted octanol–water partition coefficient (Wildman–Crippen LogP) is 8.17. The minimum Gasteiger partial charge on any atom is -0.286 e. The minimum absolute atomic E-state index is 0.0416. The molecule has 0 bridgehead atoms. The van der Waals surface area contributed by atoms with Crippen LogP contribution in [0.15, 0.2) is 94.6 Å². The maximum atomic E-state index is 11.5. The van der Waals surface area contributed by atoms with Gasteiger partial charge < -0.3 is 0 Å². The van der Waals surface area contributed by atoms with Crippen LogP contribution < -0.4 is 0 Å². The first-order chi connectivity index (χ1) is 22.0. The average molecular weight is 699 g/mol. The highest BCUT2D eigenvalue weighted by Gasteiger charge is 2.44. The number of hydrogen-bond acceptors (Lipinski definition) is 4. The highest BCUT2D eigenvalue weighted by atomic mass is 35.5. The van der Waals surface area contributed by atoms with Gasteiger partial charge in [-0.05, 0) is 68.2 Å². The van der Waals surface area contributed by atoms with Crippen molar-refractivity contribution in [2.45, 2.75) is 83.0 Å². The lowest BCUT2D eigenvalue weighted by Gasteiger charge is -2.25. The van der Waals surface area contributed by atoms with Crippen LogP contribution in [0.2, 0.25) is 0 Å². The second-order valence-electron chi connectivity index (χ2n) is 13.9. The lowest BCUT2D eigenvalue weighted by Crippen LogP contribution is -2.28. The summed E-state index contributed by atoms with van der Waals surface area (Å²) in [5.74, 6) is -0.517. The number of halogens is 1. The van der Waals surface area contributed by atoms with Crippen molar-refractivity contribution in [2.75, 3.05) is 18.1 Å². The molecule has 0 saturated carbocycles. The minimum atomic E-state index is -4.06. The molecule has 1 unspecified atom stereocenters. The summed E-state index contributed by atoms with van der Waals surface area (Å²) in [6, 6.07) is 16.5. The number of allylic oxidation sites excluding steroid dienone is 8. The lowest BCUT2D eigenvalue weighted by atomic mass is 9.79. The van der Waals surface area contributed by atoms with E-state index in [0.29, 0.717) is 25.8 Å². The number of para-hydroxylation sites is 1. The quantitative estimate of drug-likeness (QED) is 0.181. The maximum Gasteiger partial charge on any atom is 0.265 e. The van der Waals surface area contributed by atoms with Gasteiger partial charge in [-0.2, -0.15) is 21.4 Å². The maximum absolute atomic E-state index is 11.5. The Bertz CT molecular complexity index is 1930. The molecule has 10 heteroatoms. The van der Waals surface area contributed by atoms with E-state index in [-0.39, 0.29) is 28.3 Å². The monoisotopic (exact) mass is 698 g/mol. The molecule has 1 atom stereocenters. The van der Waals surface area contributed by atoms with Gasteiger partial charge in [0.1, 0.15) is 6.54 Å². The fourth-order valence-electron chi connectivity index (χ4n) is 7.60. The van der Waals surface area contributed by atoms with Gasteiger partial charge in [-0.1, -0.05) is 91.7 Å². The van der Waals surface area contributed by atoms with Gasteiger partial charge in [-0.25, -0.2) is 0 Å². The summed E-state index contributed by atoms with van der Waals surface area (Å²) < 4.78 is 66.6. The summed E-state index contributed by atoms with van der Waals surface area (Å²) in [4.78, 5) is 0. The molecular weight excluding hydrogens is 654 g/mol. The van der Waals surface area contributed by atoms with Gasteiger partial charge in [0.15, 0.2) is 5.71 Å². The largest absolute Gasteiger partial charge is 0.286 e. The van der Waals surface area contributed by atoms with Gasteiger partial charge in [0, 0.05) is 40.5 Å². The number of benzene rings is 2. The van der Waals surface area contributed by atoms with E-state index in [1.165, 1.54) is 16.7 Å². The van der Waals surface area contributed by atoms with Crippen LogP contribution in [-0.4, -0.2) is 54.3 Å². The fourth-order valence-corrected chi connectivity index (χ4v) is 8.94. The van der Waals surface area contributed by atoms with E-state index in [4.69, 9.17) is 11.6 Å². The highest BCUT2D eigenvalue weighted by molar-refractivity contribution is 7.86. The molecule has 47 heavy (non-hydrogen) atoms. The number of rotatable bonds is 11. The van der Waals surface area contributed by atoms with Gasteiger partial charge in [0.2, 0.25) is 5.69 Å².